The summed E-state index contributed by atoms with van der Waals surface area (Å²) in [5, 5.41) is 2.11. The van der Waals surface area contributed by atoms with Crippen LogP contribution in [0.5, 0.6) is 0 Å². The van der Waals surface area contributed by atoms with Crippen LogP contribution in [0.3, 0.4) is 0 Å². The van der Waals surface area contributed by atoms with Crippen LogP contribution in [0.4, 0.5) is 0 Å². The van der Waals surface area contributed by atoms with Gasteiger partial charge >= 0.3 is 0 Å². The Hall–Kier alpha value is -2.28. The van der Waals surface area contributed by atoms with Crippen molar-refractivity contribution in [3.63, 3.8) is 0 Å². The Labute approximate surface area is 114 Å². The fourth-order valence-electron chi connectivity index (χ4n) is 2.08. The average molecular weight is 249 g/mol. The number of hydrogen-bond donors (Lipinski definition) is 1. The van der Waals surface area contributed by atoms with Crippen molar-refractivity contribution < 1.29 is 0 Å². The van der Waals surface area contributed by atoms with Crippen molar-refractivity contribution in [3.8, 4) is 0 Å². The first-order valence-corrected chi connectivity index (χ1v) is 6.41. The molecule has 0 fully saturated rings. The maximum atomic E-state index is 4.07. The summed E-state index contributed by atoms with van der Waals surface area (Å²) in [5.41, 5.74) is 3.54. The summed E-state index contributed by atoms with van der Waals surface area (Å²) >= 11 is 0. The standard InChI is InChI=1S/C18H19N/c1-14(2)17(18-12-13-19-15(18)3)11-7-10-16-8-5-4-6-9-16/h4-10,12-13,19H,1,3,11H2,2H3/b10-7+,18-17-. The molecule has 0 saturated carbocycles. The Bertz CT molecular complexity index is 687. The predicted molar refractivity (Wildman–Crippen MR) is 83.9 cm³/mol. The summed E-state index contributed by atoms with van der Waals surface area (Å²) in [7, 11) is 0. The molecule has 96 valence electrons. The first-order chi connectivity index (χ1) is 9.18. The highest BCUT2D eigenvalue weighted by Crippen LogP contribution is 2.13. The van der Waals surface area contributed by atoms with E-state index < -0.39 is 0 Å². The summed E-state index contributed by atoms with van der Waals surface area (Å²) in [4.78, 5) is 3.11. The van der Waals surface area contributed by atoms with Crippen LogP contribution in [0, 0.1) is 0 Å². The molecule has 0 aliphatic rings. The van der Waals surface area contributed by atoms with Gasteiger partial charge in [0.1, 0.15) is 0 Å². The van der Waals surface area contributed by atoms with E-state index in [1.807, 2.05) is 31.3 Å². The second-order valence-electron chi connectivity index (χ2n) is 4.65. The van der Waals surface area contributed by atoms with Gasteiger partial charge in [0.25, 0.3) is 0 Å². The molecule has 0 aliphatic carbocycles. The molecule has 0 radical (unpaired) electrons. The van der Waals surface area contributed by atoms with Gasteiger partial charge in [0.15, 0.2) is 0 Å². The largest absolute Gasteiger partial charge is 0.362 e. The van der Waals surface area contributed by atoms with Crippen molar-refractivity contribution in [3.05, 3.63) is 77.0 Å². The lowest BCUT2D eigenvalue weighted by Gasteiger charge is -2.02. The monoisotopic (exact) mass is 249 g/mol. The molecule has 1 aromatic heterocycles. The van der Waals surface area contributed by atoms with E-state index in [-0.39, 0.29) is 0 Å². The molecule has 0 saturated heterocycles. The minimum atomic E-state index is 0.866. The average Bonchev–Trinajstić information content (AvgIpc) is 2.82. The highest BCUT2D eigenvalue weighted by Gasteiger charge is 1.99. The van der Waals surface area contributed by atoms with Crippen molar-refractivity contribution in [2.45, 2.75) is 13.3 Å². The van der Waals surface area contributed by atoms with Crippen LogP contribution in [-0.4, -0.2) is 4.98 Å². The molecule has 0 spiro atoms. The van der Waals surface area contributed by atoms with Gasteiger partial charge in [0, 0.05) is 16.8 Å². The predicted octanol–water partition coefficient (Wildman–Crippen LogP) is 3.26. The van der Waals surface area contributed by atoms with Gasteiger partial charge in [-0.2, -0.15) is 0 Å². The molecule has 2 aromatic rings. The first kappa shape index (κ1) is 13.2. The molecule has 1 heterocycles. The third-order valence-electron chi connectivity index (χ3n) is 3.10. The number of aromatic amines is 1. The Kier molecular flexibility index (Phi) is 4.19. The highest BCUT2D eigenvalue weighted by molar-refractivity contribution is 5.65. The van der Waals surface area contributed by atoms with Crippen molar-refractivity contribution in [1.82, 2.24) is 4.98 Å². The van der Waals surface area contributed by atoms with Gasteiger partial charge < -0.3 is 4.98 Å². The van der Waals surface area contributed by atoms with Gasteiger partial charge in [0.2, 0.25) is 0 Å². The van der Waals surface area contributed by atoms with Gasteiger partial charge in [-0.15, -0.1) is 0 Å². The van der Waals surface area contributed by atoms with Gasteiger partial charge in [-0.1, -0.05) is 61.2 Å². The lowest BCUT2D eigenvalue weighted by Crippen LogP contribution is -2.23. The summed E-state index contributed by atoms with van der Waals surface area (Å²) in [6.07, 6.45) is 7.09. The smallest absolute Gasteiger partial charge is 0.0383 e. The number of aromatic nitrogens is 1. The zero-order valence-electron chi connectivity index (χ0n) is 11.3. The van der Waals surface area contributed by atoms with Crippen LogP contribution in [-0.2, 0) is 0 Å². The van der Waals surface area contributed by atoms with E-state index in [1.54, 1.807) is 0 Å². The molecule has 1 aromatic carbocycles. The van der Waals surface area contributed by atoms with Crippen LogP contribution in [0.25, 0.3) is 18.2 Å². The van der Waals surface area contributed by atoms with E-state index in [9.17, 15) is 0 Å². The lowest BCUT2D eigenvalue weighted by molar-refractivity contribution is 1.29. The molecule has 1 heteroatoms. The minimum absolute atomic E-state index is 0.866. The molecule has 0 atom stereocenters. The van der Waals surface area contributed by atoms with E-state index in [0.29, 0.717) is 0 Å². The minimum Gasteiger partial charge on any atom is -0.362 e. The zero-order chi connectivity index (χ0) is 13.7. The highest BCUT2D eigenvalue weighted by atomic mass is 14.6. The number of allylic oxidation sites excluding steroid dienone is 2. The van der Waals surface area contributed by atoms with E-state index >= 15 is 0 Å². The second-order valence-corrected chi connectivity index (χ2v) is 4.65. The van der Waals surface area contributed by atoms with Gasteiger partial charge in [-0.05, 0) is 30.5 Å². The molecule has 0 unspecified atom stereocenters. The fraction of sp³-hybridized carbons (Fsp3) is 0.111. The van der Waals surface area contributed by atoms with E-state index in [1.165, 1.54) is 11.1 Å². The summed E-state index contributed by atoms with van der Waals surface area (Å²) in [5.74, 6) is 0. The van der Waals surface area contributed by atoms with Crippen LogP contribution >= 0.6 is 0 Å². The van der Waals surface area contributed by atoms with Crippen LogP contribution in [0.1, 0.15) is 18.9 Å². The third-order valence-corrected chi connectivity index (χ3v) is 3.10. The third kappa shape index (κ3) is 3.35. The quantitative estimate of drug-likeness (QED) is 0.856. The maximum absolute atomic E-state index is 4.07. The molecule has 0 amide bonds. The van der Waals surface area contributed by atoms with E-state index in [2.05, 4.69) is 48.5 Å². The normalized spacial score (nSPS) is 12.7. The van der Waals surface area contributed by atoms with Crippen molar-refractivity contribution in [2.75, 3.05) is 0 Å². The Morgan fingerprint density at radius 3 is 2.53 bits per heavy atom. The van der Waals surface area contributed by atoms with Crippen molar-refractivity contribution in [1.29, 1.82) is 0 Å². The lowest BCUT2D eigenvalue weighted by atomic mass is 10.0. The molecule has 1 nitrogen and oxygen atoms in total. The number of benzene rings is 1. The number of H-pyrrole nitrogens is 1. The molecule has 1 N–H and O–H groups in total. The Morgan fingerprint density at radius 1 is 1.21 bits per heavy atom. The van der Waals surface area contributed by atoms with E-state index in [4.69, 9.17) is 0 Å². The maximum Gasteiger partial charge on any atom is 0.0383 e. The zero-order valence-corrected chi connectivity index (χ0v) is 11.3. The topological polar surface area (TPSA) is 15.8 Å². The first-order valence-electron chi connectivity index (χ1n) is 6.41. The molecule has 2 rings (SSSR count). The number of rotatable bonds is 4. The van der Waals surface area contributed by atoms with Crippen molar-refractivity contribution >= 4 is 18.2 Å². The van der Waals surface area contributed by atoms with Gasteiger partial charge in [-0.25, -0.2) is 0 Å². The molecule has 19 heavy (non-hydrogen) atoms. The molecular formula is C18H19N. The Morgan fingerprint density at radius 2 is 1.95 bits per heavy atom. The second kappa shape index (κ2) is 6.05. The van der Waals surface area contributed by atoms with Crippen LogP contribution in [0.2, 0.25) is 0 Å². The summed E-state index contributed by atoms with van der Waals surface area (Å²) in [6.45, 7) is 10.1. The molecule has 0 bridgehead atoms. The van der Waals surface area contributed by atoms with Gasteiger partial charge in [0.05, 0.1) is 0 Å². The van der Waals surface area contributed by atoms with Crippen LogP contribution in [0.15, 0.2) is 60.8 Å². The number of nitrogens with one attached hydrogen (secondary N) is 1. The molecule has 0 aliphatic heterocycles. The van der Waals surface area contributed by atoms with Gasteiger partial charge in [-0.3, -0.25) is 0 Å². The summed E-state index contributed by atoms with van der Waals surface area (Å²) in [6, 6.07) is 12.4. The SMILES string of the molecule is C=C(C)/C(C/C=C/c1ccccc1)=c1/cc[nH]c1=C. The Balaban J connectivity index is 2.26. The van der Waals surface area contributed by atoms with E-state index in [0.717, 1.165) is 22.6 Å². The van der Waals surface area contributed by atoms with Crippen molar-refractivity contribution in [2.24, 2.45) is 0 Å². The summed E-state index contributed by atoms with van der Waals surface area (Å²) < 4.78 is 0. The molecular weight excluding hydrogens is 230 g/mol. The number of hydrogen-bond acceptors (Lipinski definition) is 0. The fourth-order valence-corrected chi connectivity index (χ4v) is 2.08. The van der Waals surface area contributed by atoms with Crippen LogP contribution < -0.4 is 10.6 Å².